The lowest BCUT2D eigenvalue weighted by atomic mass is 10.1. The number of anilines is 1. The van der Waals surface area contributed by atoms with E-state index < -0.39 is 16.0 Å². The fraction of sp³-hybridized carbons (Fsp3) is 0.0455. The van der Waals surface area contributed by atoms with Crippen LogP contribution < -0.4 is 10.5 Å². The summed E-state index contributed by atoms with van der Waals surface area (Å²) in [6.07, 6.45) is 4.32. The molecule has 0 bridgehead atoms. The van der Waals surface area contributed by atoms with Gasteiger partial charge in [-0.2, -0.15) is 0 Å². The van der Waals surface area contributed by atoms with Crippen molar-refractivity contribution in [1.29, 1.82) is 0 Å². The summed E-state index contributed by atoms with van der Waals surface area (Å²) < 4.78 is 24.4. The first-order chi connectivity index (χ1) is 15.3. The molecular formula is C22H19N5O4S. The number of rotatable bonds is 7. The SMILES string of the molecule is NS(=O)(=O)c1ccc(CNc2ccc3ncc(-c4cccc(/C=C/C(=O)O)c4)n3n2)cc1. The fourth-order valence-electron chi connectivity index (χ4n) is 3.12. The quantitative estimate of drug-likeness (QED) is 0.369. The molecule has 0 unspecified atom stereocenters. The van der Waals surface area contributed by atoms with Crippen molar-refractivity contribution in [2.75, 3.05) is 5.32 Å². The Morgan fingerprint density at radius 1 is 1.12 bits per heavy atom. The summed E-state index contributed by atoms with van der Waals surface area (Å²) in [4.78, 5) is 15.2. The summed E-state index contributed by atoms with van der Waals surface area (Å²) in [6, 6.07) is 17.3. The van der Waals surface area contributed by atoms with Gasteiger partial charge in [0.2, 0.25) is 10.0 Å². The molecule has 0 fully saturated rings. The predicted octanol–water partition coefficient (Wildman–Crippen LogP) is 2.75. The number of aromatic nitrogens is 3. The number of aliphatic carboxylic acids is 1. The first-order valence-corrected chi connectivity index (χ1v) is 11.1. The number of nitrogens with one attached hydrogen (secondary N) is 1. The third kappa shape index (κ3) is 4.82. The molecular weight excluding hydrogens is 430 g/mol. The van der Waals surface area contributed by atoms with Crippen LogP contribution in [0.15, 0.2) is 77.8 Å². The molecule has 0 atom stereocenters. The number of imidazole rings is 1. The van der Waals surface area contributed by atoms with Crippen LogP contribution in [0.25, 0.3) is 23.0 Å². The van der Waals surface area contributed by atoms with Gasteiger partial charge >= 0.3 is 5.97 Å². The normalized spacial score (nSPS) is 11.8. The molecule has 0 saturated heterocycles. The fourth-order valence-corrected chi connectivity index (χ4v) is 3.64. The molecule has 2 aromatic heterocycles. The van der Waals surface area contributed by atoms with Crippen LogP contribution in [0.1, 0.15) is 11.1 Å². The molecule has 0 saturated carbocycles. The number of carboxylic acid groups (broad SMARTS) is 1. The Morgan fingerprint density at radius 3 is 2.62 bits per heavy atom. The Labute approximate surface area is 183 Å². The molecule has 0 aliphatic heterocycles. The lowest BCUT2D eigenvalue weighted by Crippen LogP contribution is -2.12. The van der Waals surface area contributed by atoms with Crippen LogP contribution >= 0.6 is 0 Å². The minimum atomic E-state index is -3.72. The lowest BCUT2D eigenvalue weighted by molar-refractivity contribution is -0.131. The van der Waals surface area contributed by atoms with Gasteiger partial charge in [-0.1, -0.05) is 30.3 Å². The van der Waals surface area contributed by atoms with E-state index in [1.54, 1.807) is 28.9 Å². The smallest absolute Gasteiger partial charge is 0.328 e. The van der Waals surface area contributed by atoms with E-state index in [0.29, 0.717) is 18.0 Å². The molecule has 10 heteroatoms. The highest BCUT2D eigenvalue weighted by atomic mass is 32.2. The summed E-state index contributed by atoms with van der Waals surface area (Å²) in [5, 5.41) is 21.8. The summed E-state index contributed by atoms with van der Waals surface area (Å²) in [6.45, 7) is 0.433. The molecule has 4 rings (SSSR count). The number of carboxylic acids is 1. The highest BCUT2D eigenvalue weighted by molar-refractivity contribution is 7.89. The monoisotopic (exact) mass is 449 g/mol. The van der Waals surface area contributed by atoms with E-state index >= 15 is 0 Å². The van der Waals surface area contributed by atoms with Gasteiger partial charge in [0, 0.05) is 18.2 Å². The van der Waals surface area contributed by atoms with Crippen molar-refractivity contribution in [3.05, 3.63) is 84.1 Å². The summed E-state index contributed by atoms with van der Waals surface area (Å²) in [7, 11) is -3.72. The van der Waals surface area contributed by atoms with Crippen LogP contribution in [-0.4, -0.2) is 34.1 Å². The largest absolute Gasteiger partial charge is 0.478 e. The van der Waals surface area contributed by atoms with Crippen molar-refractivity contribution in [1.82, 2.24) is 14.6 Å². The van der Waals surface area contributed by atoms with E-state index in [4.69, 9.17) is 10.2 Å². The second-order valence-corrected chi connectivity index (χ2v) is 8.53. The van der Waals surface area contributed by atoms with Crippen molar-refractivity contribution >= 4 is 33.5 Å². The second kappa shape index (κ2) is 8.61. The molecule has 2 aromatic carbocycles. The zero-order chi connectivity index (χ0) is 22.7. The number of nitrogens with two attached hydrogens (primary N) is 1. The number of carbonyl (C=O) groups is 1. The van der Waals surface area contributed by atoms with Crippen LogP contribution in [0.5, 0.6) is 0 Å². The average Bonchev–Trinajstić information content (AvgIpc) is 3.19. The lowest BCUT2D eigenvalue weighted by Gasteiger charge is -2.08. The molecule has 162 valence electrons. The Bertz CT molecular complexity index is 1430. The maximum atomic E-state index is 11.4. The average molecular weight is 449 g/mol. The van der Waals surface area contributed by atoms with Crippen molar-refractivity contribution in [2.45, 2.75) is 11.4 Å². The molecule has 0 spiro atoms. The predicted molar refractivity (Wildman–Crippen MR) is 120 cm³/mol. The van der Waals surface area contributed by atoms with Gasteiger partial charge in [-0.25, -0.2) is 27.9 Å². The van der Waals surface area contributed by atoms with Gasteiger partial charge in [0.05, 0.1) is 16.8 Å². The Balaban J connectivity index is 1.57. The van der Waals surface area contributed by atoms with E-state index in [1.807, 2.05) is 30.3 Å². The molecule has 0 aliphatic carbocycles. The topological polar surface area (TPSA) is 140 Å². The number of hydrogen-bond donors (Lipinski definition) is 3. The number of primary sulfonamides is 1. The first-order valence-electron chi connectivity index (χ1n) is 9.51. The first kappa shape index (κ1) is 21.2. The molecule has 4 N–H and O–H groups in total. The number of hydrogen-bond acceptors (Lipinski definition) is 6. The van der Waals surface area contributed by atoms with E-state index in [0.717, 1.165) is 28.5 Å². The standard InChI is InChI=1S/C22H19N5O4S/c23-32(30,31)18-7-4-16(5-8-18)13-24-20-9-10-21-25-14-19(27(21)26-20)17-3-1-2-15(12-17)6-11-22(28)29/h1-12,14H,13H2,(H,24,26)(H,28,29)(H2,23,30,31)/b11-6+. The van der Waals surface area contributed by atoms with Crippen LogP contribution in [-0.2, 0) is 21.4 Å². The van der Waals surface area contributed by atoms with Crippen molar-refractivity contribution < 1.29 is 18.3 Å². The molecule has 0 radical (unpaired) electrons. The Hall–Kier alpha value is -4.02. The van der Waals surface area contributed by atoms with E-state index in [1.165, 1.54) is 18.2 Å². The summed E-state index contributed by atoms with van der Waals surface area (Å²) >= 11 is 0. The van der Waals surface area contributed by atoms with Crippen LogP contribution in [0.3, 0.4) is 0 Å². The van der Waals surface area contributed by atoms with E-state index in [2.05, 4.69) is 15.4 Å². The zero-order valence-corrected chi connectivity index (χ0v) is 17.5. The highest BCUT2D eigenvalue weighted by Crippen LogP contribution is 2.23. The van der Waals surface area contributed by atoms with Crippen LogP contribution in [0, 0.1) is 0 Å². The van der Waals surface area contributed by atoms with Crippen molar-refractivity contribution in [3.63, 3.8) is 0 Å². The number of sulfonamides is 1. The number of benzene rings is 2. The third-order valence-corrected chi connectivity index (χ3v) is 5.62. The van der Waals surface area contributed by atoms with Gasteiger partial charge in [0.15, 0.2) is 5.65 Å². The summed E-state index contributed by atoms with van der Waals surface area (Å²) in [5.74, 6) is -0.406. The van der Waals surface area contributed by atoms with Crippen molar-refractivity contribution in [3.8, 4) is 11.3 Å². The van der Waals surface area contributed by atoms with Gasteiger partial charge in [-0.3, -0.25) is 0 Å². The van der Waals surface area contributed by atoms with Gasteiger partial charge in [-0.15, -0.1) is 5.10 Å². The Kier molecular flexibility index (Phi) is 5.71. The molecule has 2 heterocycles. The maximum Gasteiger partial charge on any atom is 0.328 e. The third-order valence-electron chi connectivity index (χ3n) is 4.69. The minimum Gasteiger partial charge on any atom is -0.478 e. The van der Waals surface area contributed by atoms with Crippen molar-refractivity contribution in [2.24, 2.45) is 5.14 Å². The van der Waals surface area contributed by atoms with Gasteiger partial charge in [0.25, 0.3) is 0 Å². The maximum absolute atomic E-state index is 11.4. The molecule has 0 aliphatic rings. The molecule has 32 heavy (non-hydrogen) atoms. The second-order valence-electron chi connectivity index (χ2n) is 6.97. The van der Waals surface area contributed by atoms with E-state index in [9.17, 15) is 13.2 Å². The van der Waals surface area contributed by atoms with Gasteiger partial charge < -0.3 is 10.4 Å². The van der Waals surface area contributed by atoms with Gasteiger partial charge in [0.1, 0.15) is 5.82 Å². The van der Waals surface area contributed by atoms with Crippen LogP contribution in [0.2, 0.25) is 0 Å². The number of nitrogens with zero attached hydrogens (tertiary/aromatic N) is 3. The molecule has 4 aromatic rings. The summed E-state index contributed by atoms with van der Waals surface area (Å²) in [5.41, 5.74) is 3.87. The highest BCUT2D eigenvalue weighted by Gasteiger charge is 2.10. The molecule has 9 nitrogen and oxygen atoms in total. The Morgan fingerprint density at radius 2 is 1.91 bits per heavy atom. The van der Waals surface area contributed by atoms with E-state index in [-0.39, 0.29) is 4.90 Å². The molecule has 0 amide bonds. The van der Waals surface area contributed by atoms with Gasteiger partial charge in [-0.05, 0) is 47.5 Å². The minimum absolute atomic E-state index is 0.0595. The number of fused-ring (bicyclic) bond motifs is 1. The van der Waals surface area contributed by atoms with Crippen LogP contribution in [0.4, 0.5) is 5.82 Å². The zero-order valence-electron chi connectivity index (χ0n) is 16.7.